The lowest BCUT2D eigenvalue weighted by Gasteiger charge is -2.24. The molecule has 0 aliphatic heterocycles. The van der Waals surface area contributed by atoms with Crippen LogP contribution in [0.5, 0.6) is 0 Å². The number of amides is 1. The number of nitrogens with one attached hydrogen (secondary N) is 1. The molecule has 0 atom stereocenters. The summed E-state index contributed by atoms with van der Waals surface area (Å²) < 4.78 is 0. The van der Waals surface area contributed by atoms with Crippen LogP contribution in [0.25, 0.3) is 10.8 Å². The molecular weight excluding hydrogens is 268 g/mol. The fourth-order valence-corrected chi connectivity index (χ4v) is 2.04. The molecule has 3 N–H and O–H groups in total. The molecule has 2 aromatic carbocycles. The van der Waals surface area contributed by atoms with Gasteiger partial charge in [0, 0.05) is 0 Å². The summed E-state index contributed by atoms with van der Waals surface area (Å²) in [7, 11) is 0. The fraction of sp³-hybridized carbons (Fsp3) is 0.250. The van der Waals surface area contributed by atoms with Crippen molar-refractivity contribution in [2.75, 3.05) is 0 Å². The number of hydrogen-bond donors (Lipinski definition) is 2. The number of carbonyl (C=O) groups excluding carboxylic acids is 1. The molecule has 0 aliphatic rings. The molecule has 0 aliphatic carbocycles. The Bertz CT molecular complexity index is 664. The molecule has 3 nitrogen and oxygen atoms in total. The largest absolute Gasteiger partial charge is 0.391 e. The average Bonchev–Trinajstić information content (AvgIpc) is 2.37. The predicted octanol–water partition coefficient (Wildman–Crippen LogP) is 2.56. The molecule has 0 radical (unpaired) electrons. The van der Waals surface area contributed by atoms with Crippen molar-refractivity contribution in [1.82, 2.24) is 5.32 Å². The Balaban J connectivity index is 2.12. The second kappa shape index (κ2) is 5.59. The molecule has 0 spiro atoms. The zero-order valence-corrected chi connectivity index (χ0v) is 12.5. The first-order chi connectivity index (χ1) is 9.38. The van der Waals surface area contributed by atoms with Crippen LogP contribution in [0.15, 0.2) is 42.5 Å². The van der Waals surface area contributed by atoms with E-state index >= 15 is 0 Å². The molecule has 0 unspecified atom stereocenters. The lowest BCUT2D eigenvalue weighted by Crippen LogP contribution is -2.52. The van der Waals surface area contributed by atoms with Crippen molar-refractivity contribution in [3.05, 3.63) is 48.0 Å². The van der Waals surface area contributed by atoms with Gasteiger partial charge in [-0.2, -0.15) is 0 Å². The van der Waals surface area contributed by atoms with Crippen LogP contribution in [-0.2, 0) is 11.2 Å². The van der Waals surface area contributed by atoms with E-state index in [4.69, 9.17) is 18.0 Å². The van der Waals surface area contributed by atoms with Gasteiger partial charge in [0.1, 0.15) is 0 Å². The Morgan fingerprint density at radius 2 is 1.85 bits per heavy atom. The minimum atomic E-state index is -0.663. The van der Waals surface area contributed by atoms with E-state index in [1.165, 1.54) is 5.39 Å². The van der Waals surface area contributed by atoms with E-state index in [2.05, 4.69) is 11.4 Å². The van der Waals surface area contributed by atoms with Crippen LogP contribution in [0.1, 0.15) is 19.4 Å². The Labute approximate surface area is 124 Å². The summed E-state index contributed by atoms with van der Waals surface area (Å²) in [5.41, 5.74) is 5.91. The van der Waals surface area contributed by atoms with Crippen LogP contribution in [0.4, 0.5) is 0 Å². The monoisotopic (exact) mass is 286 g/mol. The number of hydrogen-bond acceptors (Lipinski definition) is 2. The van der Waals surface area contributed by atoms with Gasteiger partial charge in [-0.15, -0.1) is 0 Å². The molecule has 0 heterocycles. The number of rotatable bonds is 4. The summed E-state index contributed by atoms with van der Waals surface area (Å²) in [6, 6.07) is 14.1. The van der Waals surface area contributed by atoms with E-state index in [9.17, 15) is 4.79 Å². The van der Waals surface area contributed by atoms with Crippen molar-refractivity contribution in [2.45, 2.75) is 25.8 Å². The minimum Gasteiger partial charge on any atom is -0.391 e. The van der Waals surface area contributed by atoms with E-state index in [1.54, 1.807) is 13.8 Å². The third-order valence-corrected chi connectivity index (χ3v) is 3.76. The van der Waals surface area contributed by atoms with Crippen molar-refractivity contribution in [3.8, 4) is 0 Å². The maximum Gasteiger partial charge on any atom is 0.225 e. The third-order valence-electron chi connectivity index (χ3n) is 3.25. The van der Waals surface area contributed by atoms with Crippen LogP contribution < -0.4 is 11.1 Å². The number of carbonyl (C=O) groups is 1. The summed E-state index contributed by atoms with van der Waals surface area (Å²) in [6.07, 6.45) is 0.316. The van der Waals surface area contributed by atoms with Gasteiger partial charge in [-0.25, -0.2) is 0 Å². The van der Waals surface area contributed by atoms with Crippen LogP contribution in [0.3, 0.4) is 0 Å². The SMILES string of the molecule is CC(C)(NC(=O)Cc1ccc2ccccc2c1)C(N)=S. The lowest BCUT2D eigenvalue weighted by molar-refractivity contribution is -0.121. The zero-order chi connectivity index (χ0) is 14.8. The van der Waals surface area contributed by atoms with E-state index < -0.39 is 5.54 Å². The Morgan fingerprint density at radius 1 is 1.20 bits per heavy atom. The predicted molar refractivity (Wildman–Crippen MR) is 86.7 cm³/mol. The van der Waals surface area contributed by atoms with Gasteiger partial charge in [0.05, 0.1) is 16.9 Å². The molecule has 0 aromatic heterocycles. The second-order valence-electron chi connectivity index (χ2n) is 5.40. The molecule has 0 bridgehead atoms. The molecule has 20 heavy (non-hydrogen) atoms. The molecule has 4 heteroatoms. The highest BCUT2D eigenvalue weighted by Gasteiger charge is 2.23. The van der Waals surface area contributed by atoms with Gasteiger partial charge in [-0.1, -0.05) is 54.7 Å². The first-order valence-corrected chi connectivity index (χ1v) is 6.88. The molecule has 104 valence electrons. The highest BCUT2D eigenvalue weighted by Crippen LogP contribution is 2.16. The molecule has 0 fully saturated rings. The van der Waals surface area contributed by atoms with Crippen LogP contribution in [-0.4, -0.2) is 16.4 Å². The second-order valence-corrected chi connectivity index (χ2v) is 5.84. The van der Waals surface area contributed by atoms with Crippen molar-refractivity contribution in [1.29, 1.82) is 0 Å². The maximum absolute atomic E-state index is 12.0. The van der Waals surface area contributed by atoms with E-state index in [0.29, 0.717) is 6.42 Å². The van der Waals surface area contributed by atoms with Crippen LogP contribution in [0.2, 0.25) is 0 Å². The molecule has 0 saturated heterocycles. The Morgan fingerprint density at radius 3 is 2.50 bits per heavy atom. The fourth-order valence-electron chi connectivity index (χ4n) is 1.99. The molecular formula is C16H18N2OS. The Kier molecular flexibility index (Phi) is 4.04. The first-order valence-electron chi connectivity index (χ1n) is 6.47. The summed E-state index contributed by atoms with van der Waals surface area (Å²) in [5.74, 6) is -0.0851. The smallest absolute Gasteiger partial charge is 0.225 e. The maximum atomic E-state index is 12.0. The van der Waals surface area contributed by atoms with Gasteiger partial charge < -0.3 is 11.1 Å². The van der Waals surface area contributed by atoms with Crippen LogP contribution in [0, 0.1) is 0 Å². The number of thiocarbonyl (C=S) groups is 1. The highest BCUT2D eigenvalue weighted by atomic mass is 32.1. The summed E-state index contributed by atoms with van der Waals surface area (Å²) in [4.78, 5) is 12.3. The first kappa shape index (κ1) is 14.5. The number of fused-ring (bicyclic) bond motifs is 1. The standard InChI is InChI=1S/C16H18N2OS/c1-16(2,15(17)20)18-14(19)10-11-7-8-12-5-3-4-6-13(12)9-11/h3-9H,10H2,1-2H3,(H2,17,20)(H,18,19). The topological polar surface area (TPSA) is 55.1 Å². The minimum absolute atomic E-state index is 0.0851. The van der Waals surface area contributed by atoms with Gasteiger partial charge in [0.15, 0.2) is 0 Å². The van der Waals surface area contributed by atoms with Gasteiger partial charge in [0.25, 0.3) is 0 Å². The average molecular weight is 286 g/mol. The molecule has 1 amide bonds. The third kappa shape index (κ3) is 3.33. The number of nitrogens with two attached hydrogens (primary N) is 1. The highest BCUT2D eigenvalue weighted by molar-refractivity contribution is 7.80. The molecule has 2 aromatic rings. The van der Waals surface area contributed by atoms with Gasteiger partial charge in [0.2, 0.25) is 5.91 Å². The van der Waals surface area contributed by atoms with E-state index in [1.807, 2.05) is 36.4 Å². The van der Waals surface area contributed by atoms with Gasteiger partial charge in [-0.3, -0.25) is 4.79 Å². The lowest BCUT2D eigenvalue weighted by atomic mass is 10.0. The Hall–Kier alpha value is -1.94. The normalized spacial score (nSPS) is 11.3. The van der Waals surface area contributed by atoms with Crippen molar-refractivity contribution in [2.24, 2.45) is 5.73 Å². The van der Waals surface area contributed by atoms with Crippen molar-refractivity contribution in [3.63, 3.8) is 0 Å². The number of benzene rings is 2. The van der Waals surface area contributed by atoms with Gasteiger partial charge >= 0.3 is 0 Å². The van der Waals surface area contributed by atoms with Crippen LogP contribution >= 0.6 is 12.2 Å². The molecule has 0 saturated carbocycles. The summed E-state index contributed by atoms with van der Waals surface area (Å²) in [6.45, 7) is 3.60. The van der Waals surface area contributed by atoms with E-state index in [0.717, 1.165) is 10.9 Å². The summed E-state index contributed by atoms with van der Waals surface area (Å²) >= 11 is 4.94. The van der Waals surface area contributed by atoms with E-state index in [-0.39, 0.29) is 10.9 Å². The quantitative estimate of drug-likeness (QED) is 0.849. The van der Waals surface area contributed by atoms with Crippen molar-refractivity contribution >= 4 is 33.9 Å². The summed E-state index contributed by atoms with van der Waals surface area (Å²) in [5, 5.41) is 5.14. The molecule has 2 rings (SSSR count). The zero-order valence-electron chi connectivity index (χ0n) is 11.6. The van der Waals surface area contributed by atoms with Gasteiger partial charge in [-0.05, 0) is 30.2 Å². The van der Waals surface area contributed by atoms with Crippen molar-refractivity contribution < 1.29 is 4.79 Å².